The zero-order valence-electron chi connectivity index (χ0n) is 53.7. The summed E-state index contributed by atoms with van der Waals surface area (Å²) in [6.45, 7) is 98.6. The van der Waals surface area contributed by atoms with E-state index >= 15 is 0 Å². The molecular formula is C55H121BiS2Si12. The minimum atomic E-state index is -1.67. The van der Waals surface area contributed by atoms with Gasteiger partial charge >= 0.3 is 482 Å². The fourth-order valence-corrected chi connectivity index (χ4v) is 99.4. The summed E-state index contributed by atoms with van der Waals surface area (Å²) < 4.78 is 0.557. The molecule has 0 aliphatic rings. The molecule has 0 saturated carbocycles. The second kappa shape index (κ2) is 22.6. The number of hydrogen-bond acceptors (Lipinski definition) is 2. The molecule has 0 saturated heterocycles. The Morgan fingerprint density at radius 2 is 0.371 bits per heavy atom. The Morgan fingerprint density at radius 1 is 0.243 bits per heavy atom. The van der Waals surface area contributed by atoms with Crippen molar-refractivity contribution in [3.63, 3.8) is 0 Å². The van der Waals surface area contributed by atoms with Crippen molar-refractivity contribution in [1.82, 2.24) is 0 Å². The van der Waals surface area contributed by atoms with Gasteiger partial charge in [-0.1, -0.05) is 0 Å². The first kappa shape index (κ1) is 68.7. The predicted octanol–water partition coefficient (Wildman–Crippen LogP) is 20.5. The zero-order chi connectivity index (χ0) is 55.9. The first-order chi connectivity index (χ1) is 30.3. The van der Waals surface area contributed by atoms with Gasteiger partial charge in [0.1, 0.15) is 0 Å². The third kappa shape index (κ3) is 17.8. The standard InChI is InChI=1S/C55H119S2Si12.Bi.2H/c1-58(2,3)50(59(4,5)6)42-37-44(52(62(13,14)15)63(16,17)18)48(45(38-42)53(64(19,20)21)65(22,23)24)56-41-57-49-46(54(66(25,26)27)67(28,29)30)39-43(51(60(7,8)9)61(10,11)12)40-47(49)55(68(31,32)33)69(34,35)36;;;/h37-41,50-55H,1-36H3;;;. The van der Waals surface area contributed by atoms with Crippen LogP contribution >= 0.6 is 23.5 Å². The van der Waals surface area contributed by atoms with Crippen LogP contribution in [0.25, 0.3) is 0 Å². The molecule has 0 fully saturated rings. The van der Waals surface area contributed by atoms with E-state index in [1.807, 2.05) is 22.3 Å². The van der Waals surface area contributed by atoms with Crippen LogP contribution in [0, 0.1) is 0 Å². The van der Waals surface area contributed by atoms with Crippen molar-refractivity contribution in [3.05, 3.63) is 57.6 Å². The van der Waals surface area contributed by atoms with Gasteiger partial charge in [-0.15, -0.1) is 0 Å². The van der Waals surface area contributed by atoms with Crippen molar-refractivity contribution in [2.45, 2.75) is 279 Å². The third-order valence-corrected chi connectivity index (χ3v) is 76.5. The van der Waals surface area contributed by atoms with Crippen LogP contribution in [0.2, 0.25) is 236 Å². The van der Waals surface area contributed by atoms with Crippen molar-refractivity contribution in [2.24, 2.45) is 0 Å². The summed E-state index contributed by atoms with van der Waals surface area (Å²) in [5.74, 6) is 0. The molecule has 0 aromatic heterocycles. The molecule has 70 heavy (non-hydrogen) atoms. The molecule has 406 valence electrons. The van der Waals surface area contributed by atoms with Gasteiger partial charge in [-0.25, -0.2) is 0 Å². The molecule has 0 nitrogen and oxygen atoms in total. The van der Waals surface area contributed by atoms with Crippen molar-refractivity contribution < 1.29 is 0 Å². The van der Waals surface area contributed by atoms with Crippen molar-refractivity contribution >= 4 is 145 Å². The molecule has 0 radical (unpaired) electrons. The van der Waals surface area contributed by atoms with Crippen LogP contribution in [-0.2, 0) is 0 Å². The summed E-state index contributed by atoms with van der Waals surface area (Å²) >= 11 is 5.74. The molecule has 2 aromatic rings. The van der Waals surface area contributed by atoms with E-state index in [0.29, 0.717) is 22.9 Å². The van der Waals surface area contributed by atoms with E-state index in [-0.39, 0.29) is 0 Å². The zero-order valence-corrected chi connectivity index (χ0v) is 71.9. The van der Waals surface area contributed by atoms with Gasteiger partial charge in [0.2, 0.25) is 0 Å². The maximum atomic E-state index is 2.97. The van der Waals surface area contributed by atoms with Gasteiger partial charge in [0, 0.05) is 0 Å². The van der Waals surface area contributed by atoms with Gasteiger partial charge in [0.15, 0.2) is 0 Å². The molecule has 0 N–H and O–H groups in total. The molecule has 0 heterocycles. The Hall–Kier alpha value is 2.63. The first-order valence-corrected chi connectivity index (χ1v) is 75.0. The number of hydrogen-bond donors (Lipinski definition) is 0. The van der Waals surface area contributed by atoms with E-state index in [1.165, 1.54) is 0 Å². The predicted molar refractivity (Wildman–Crippen MR) is 374 cm³/mol. The monoisotopic (exact) mass is 1390 g/mol. The molecule has 2 aromatic carbocycles. The molecular weight excluding hydrogens is 1270 g/mol. The second-order valence-corrected chi connectivity index (χ2v) is 112. The number of rotatable bonds is 22. The Kier molecular flexibility index (Phi) is 22.2. The average Bonchev–Trinajstić information content (AvgIpc) is 2.95. The Morgan fingerprint density at radius 3 is 0.486 bits per heavy atom. The van der Waals surface area contributed by atoms with E-state index in [2.05, 4.69) is 283 Å². The van der Waals surface area contributed by atoms with E-state index in [9.17, 15) is 0 Å². The van der Waals surface area contributed by atoms with Crippen molar-refractivity contribution in [2.75, 3.05) is 0 Å². The molecule has 2 rings (SSSR count). The fourth-order valence-electron chi connectivity index (χ4n) is 16.6. The molecule has 0 bridgehead atoms. The van der Waals surface area contributed by atoms with E-state index < -0.39 is 96.9 Å². The van der Waals surface area contributed by atoms with Gasteiger partial charge in [-0.3, -0.25) is 0 Å². The molecule has 0 unspecified atom stereocenters. The second-order valence-electron chi connectivity index (χ2n) is 35.7. The number of benzene rings is 2. The molecule has 0 aliphatic heterocycles. The quantitative estimate of drug-likeness (QED) is 0.0655. The van der Waals surface area contributed by atoms with Gasteiger partial charge in [-0.2, -0.15) is 0 Å². The Labute approximate surface area is 476 Å². The Bertz CT molecular complexity index is 1750. The fraction of sp³-hybridized carbons (Fsp3) is 0.782. The Balaban J connectivity index is 3.63. The first-order valence-electron chi connectivity index (χ1n) is 27.7. The van der Waals surface area contributed by atoms with Crippen molar-refractivity contribution in [1.29, 1.82) is 0 Å². The summed E-state index contributed by atoms with van der Waals surface area (Å²) in [5, 5.41) is 4.35. The van der Waals surface area contributed by atoms with Gasteiger partial charge in [-0.05, 0) is 0 Å². The average molecular weight is 1390 g/mol. The summed E-state index contributed by atoms with van der Waals surface area (Å²) in [4.78, 5) is 3.60. The van der Waals surface area contributed by atoms with Crippen molar-refractivity contribution in [3.8, 4) is 0 Å². The molecule has 15 heteroatoms. The van der Waals surface area contributed by atoms with Crippen LogP contribution in [0.5, 0.6) is 0 Å². The summed E-state index contributed by atoms with van der Waals surface area (Å²) in [6, 6.07) is 11.9. The van der Waals surface area contributed by atoms with Crippen LogP contribution in [0.4, 0.5) is 0 Å². The molecule has 0 spiro atoms. The minimum absolute atomic E-state index is 0.557. The van der Waals surface area contributed by atoms with Crippen LogP contribution in [0.3, 0.4) is 0 Å². The van der Waals surface area contributed by atoms with Crippen LogP contribution in [0.1, 0.15) is 64.4 Å². The summed E-state index contributed by atoms with van der Waals surface area (Å²) in [7, 11) is -19.7. The normalized spacial score (nSPS) is 15.4. The van der Waals surface area contributed by atoms with E-state index in [4.69, 9.17) is 0 Å². The molecule has 0 aliphatic carbocycles. The van der Waals surface area contributed by atoms with E-state index in [1.54, 1.807) is 20.9 Å². The van der Waals surface area contributed by atoms with Crippen LogP contribution in [0.15, 0.2) is 34.1 Å². The van der Waals surface area contributed by atoms with Crippen LogP contribution < -0.4 is 0 Å². The molecule has 0 atom stereocenters. The summed E-state index contributed by atoms with van der Waals surface area (Å²) in [5.41, 5.74) is 10.9. The van der Waals surface area contributed by atoms with Gasteiger partial charge in [0.25, 0.3) is 0 Å². The van der Waals surface area contributed by atoms with E-state index in [0.717, 1.165) is 35.0 Å². The van der Waals surface area contributed by atoms with Crippen LogP contribution in [-0.4, -0.2) is 124 Å². The molecule has 0 amide bonds. The van der Waals surface area contributed by atoms with Gasteiger partial charge < -0.3 is 0 Å². The van der Waals surface area contributed by atoms with Gasteiger partial charge in [0.05, 0.1) is 0 Å². The summed E-state index contributed by atoms with van der Waals surface area (Å²) in [6.07, 6.45) is 0. The topological polar surface area (TPSA) is 0 Å². The number of thioether (sulfide) groups is 2. The SMILES string of the molecule is C[Si](C)(C)C(c1cc(C([Si](C)(C)C)[Si](C)(C)C)c(S[CH]([BiH2])Sc2c(C([Si](C)(C)C)[Si](C)(C)C)cc(C([Si](C)(C)C)[Si](C)(C)C)cc2C([Si](C)(C)C)[Si](C)(C)C)c(C([Si](C)(C)C)[Si](C)(C)C)c1)[Si](C)(C)C. The maximum absolute atomic E-state index is 2.97. The third-order valence-electron chi connectivity index (χ3n) is 15.1.